The van der Waals surface area contributed by atoms with E-state index in [4.69, 9.17) is 39.9 Å². The van der Waals surface area contributed by atoms with Crippen molar-refractivity contribution in [1.29, 1.82) is 0 Å². The lowest BCUT2D eigenvalue weighted by Gasteiger charge is -2.13. The second kappa shape index (κ2) is 3.65. The number of rotatable bonds is 3. The topological polar surface area (TPSA) is 37.3 Å². The summed E-state index contributed by atoms with van der Waals surface area (Å²) in [6, 6.07) is 0. The van der Waals surface area contributed by atoms with Crippen molar-refractivity contribution in [2.24, 2.45) is 0 Å². The predicted molar refractivity (Wildman–Crippen MR) is 42.0 cm³/mol. The van der Waals surface area contributed by atoms with E-state index in [9.17, 15) is 4.79 Å². The van der Waals surface area contributed by atoms with Crippen molar-refractivity contribution in [3.8, 4) is 0 Å². The highest BCUT2D eigenvalue weighted by Crippen LogP contribution is 2.27. The molecule has 0 spiro atoms. The summed E-state index contributed by atoms with van der Waals surface area (Å²) in [5.74, 6) is -1.10. The molecule has 1 atom stereocenters. The molecular formula is C5H7Cl3O2. The fourth-order valence-electron chi connectivity index (χ4n) is 0.402. The third kappa shape index (κ3) is 5.15. The number of hydrogen-bond donors (Lipinski definition) is 1. The molecule has 0 rings (SSSR count). The Labute approximate surface area is 74.1 Å². The van der Waals surface area contributed by atoms with E-state index in [1.807, 2.05) is 0 Å². The lowest BCUT2D eigenvalue weighted by molar-refractivity contribution is -0.136. The van der Waals surface area contributed by atoms with Gasteiger partial charge in [-0.25, -0.2) is 0 Å². The number of aliphatic carboxylic acids is 1. The van der Waals surface area contributed by atoms with Crippen LogP contribution in [0.2, 0.25) is 0 Å². The Kier molecular flexibility index (Phi) is 3.77. The van der Waals surface area contributed by atoms with Crippen molar-refractivity contribution in [2.75, 3.05) is 0 Å². The van der Waals surface area contributed by atoms with Gasteiger partial charge in [-0.1, -0.05) is 0 Å². The van der Waals surface area contributed by atoms with Gasteiger partial charge >= 0.3 is 5.97 Å². The van der Waals surface area contributed by atoms with Gasteiger partial charge in [0.15, 0.2) is 0 Å². The van der Waals surface area contributed by atoms with Crippen LogP contribution >= 0.6 is 34.8 Å². The Morgan fingerprint density at radius 2 is 2.10 bits per heavy atom. The molecule has 2 nitrogen and oxygen atoms in total. The number of carboxylic acid groups (broad SMARTS) is 1. The molecule has 0 bridgehead atoms. The van der Waals surface area contributed by atoms with E-state index >= 15 is 0 Å². The van der Waals surface area contributed by atoms with Crippen molar-refractivity contribution in [2.45, 2.75) is 23.1 Å². The highest BCUT2D eigenvalue weighted by molar-refractivity contribution is 6.48. The molecular weight excluding hydrogens is 198 g/mol. The summed E-state index contributed by atoms with van der Waals surface area (Å²) in [6.45, 7) is 1.49. The second-order valence-corrected chi connectivity index (χ2v) is 4.47. The average Bonchev–Trinajstić information content (AvgIpc) is 1.60. The van der Waals surface area contributed by atoms with Crippen LogP contribution < -0.4 is 0 Å². The number of hydrogen-bond acceptors (Lipinski definition) is 1. The smallest absolute Gasteiger partial charge is 0.321 e. The monoisotopic (exact) mass is 204 g/mol. The Hall–Kier alpha value is 0.340. The molecule has 0 aliphatic heterocycles. The van der Waals surface area contributed by atoms with Gasteiger partial charge in [0.2, 0.25) is 0 Å². The third-order valence-corrected chi connectivity index (χ3v) is 1.46. The van der Waals surface area contributed by atoms with Crippen LogP contribution in [-0.4, -0.2) is 20.8 Å². The molecule has 0 aromatic heterocycles. The maximum atomic E-state index is 10.1. The van der Waals surface area contributed by atoms with Crippen LogP contribution in [0.4, 0.5) is 0 Å². The maximum Gasteiger partial charge on any atom is 0.321 e. The van der Waals surface area contributed by atoms with E-state index in [0.29, 0.717) is 0 Å². The van der Waals surface area contributed by atoms with Crippen LogP contribution in [0, 0.1) is 0 Å². The highest BCUT2D eigenvalue weighted by atomic mass is 35.5. The van der Waals surface area contributed by atoms with Crippen molar-refractivity contribution >= 4 is 40.8 Å². The normalized spacial score (nSPS) is 14.8. The molecule has 0 aromatic carbocycles. The molecule has 0 saturated heterocycles. The van der Waals surface area contributed by atoms with Gasteiger partial charge in [0.1, 0.15) is 9.71 Å². The van der Waals surface area contributed by atoms with E-state index in [1.54, 1.807) is 0 Å². The Morgan fingerprint density at radius 1 is 1.70 bits per heavy atom. The molecule has 0 aliphatic rings. The fraction of sp³-hybridized carbons (Fsp3) is 0.800. The minimum atomic E-state index is -1.10. The van der Waals surface area contributed by atoms with Crippen LogP contribution in [-0.2, 0) is 4.79 Å². The van der Waals surface area contributed by atoms with E-state index in [2.05, 4.69) is 0 Å². The fourth-order valence-corrected chi connectivity index (χ4v) is 1.18. The number of alkyl halides is 3. The van der Waals surface area contributed by atoms with Gasteiger partial charge < -0.3 is 5.11 Å². The van der Waals surface area contributed by atoms with Crippen LogP contribution in [0.3, 0.4) is 0 Å². The van der Waals surface area contributed by atoms with E-state index in [0.717, 1.165) is 0 Å². The predicted octanol–water partition coefficient (Wildman–Crippen LogP) is 2.26. The SMILES string of the molecule is CC(Cl)(Cl)CC(Cl)C(=O)O. The van der Waals surface area contributed by atoms with Gasteiger partial charge in [0, 0.05) is 6.42 Å². The molecule has 1 unspecified atom stereocenters. The van der Waals surface area contributed by atoms with Gasteiger partial charge in [-0.3, -0.25) is 4.79 Å². The van der Waals surface area contributed by atoms with Gasteiger partial charge in [-0.15, -0.1) is 34.8 Å². The number of carboxylic acids is 1. The average molecular weight is 205 g/mol. The largest absolute Gasteiger partial charge is 0.480 e. The van der Waals surface area contributed by atoms with Gasteiger partial charge in [-0.05, 0) is 6.92 Å². The van der Waals surface area contributed by atoms with Crippen molar-refractivity contribution in [3.63, 3.8) is 0 Å². The molecule has 0 heterocycles. The molecule has 0 radical (unpaired) electrons. The zero-order valence-electron chi connectivity index (χ0n) is 5.27. The van der Waals surface area contributed by atoms with Crippen molar-refractivity contribution < 1.29 is 9.90 Å². The summed E-state index contributed by atoms with van der Waals surface area (Å²) < 4.78 is -1.06. The molecule has 0 amide bonds. The summed E-state index contributed by atoms with van der Waals surface area (Å²) >= 11 is 16.3. The molecule has 1 N–H and O–H groups in total. The Bertz CT molecular complexity index is 129. The summed E-state index contributed by atoms with van der Waals surface area (Å²) in [7, 11) is 0. The first-order valence-electron chi connectivity index (χ1n) is 2.57. The van der Waals surface area contributed by atoms with Gasteiger partial charge in [0.25, 0.3) is 0 Å². The first-order chi connectivity index (χ1) is 4.33. The van der Waals surface area contributed by atoms with E-state index in [-0.39, 0.29) is 6.42 Å². The summed E-state index contributed by atoms with van der Waals surface area (Å²) in [5.41, 5.74) is 0. The Morgan fingerprint density at radius 3 is 2.20 bits per heavy atom. The standard InChI is InChI=1S/C5H7Cl3O2/c1-5(7,8)2-3(6)4(9)10/h3H,2H2,1H3,(H,9,10). The maximum absolute atomic E-state index is 10.1. The first kappa shape index (κ1) is 10.3. The van der Waals surface area contributed by atoms with Crippen LogP contribution in [0.15, 0.2) is 0 Å². The molecule has 60 valence electrons. The van der Waals surface area contributed by atoms with Crippen LogP contribution in [0.5, 0.6) is 0 Å². The lowest BCUT2D eigenvalue weighted by atomic mass is 10.2. The van der Waals surface area contributed by atoms with E-state index < -0.39 is 15.7 Å². The van der Waals surface area contributed by atoms with Crippen LogP contribution in [0.25, 0.3) is 0 Å². The van der Waals surface area contributed by atoms with Crippen molar-refractivity contribution in [1.82, 2.24) is 0 Å². The molecule has 0 aromatic rings. The Balaban J connectivity index is 3.80. The highest BCUT2D eigenvalue weighted by Gasteiger charge is 2.25. The molecule has 0 saturated carbocycles. The number of halogens is 3. The zero-order chi connectivity index (χ0) is 8.36. The third-order valence-electron chi connectivity index (χ3n) is 0.806. The van der Waals surface area contributed by atoms with Crippen molar-refractivity contribution in [3.05, 3.63) is 0 Å². The molecule has 0 aliphatic carbocycles. The summed E-state index contributed by atoms with van der Waals surface area (Å²) in [4.78, 5) is 10.1. The van der Waals surface area contributed by atoms with Gasteiger partial charge in [0.05, 0.1) is 0 Å². The summed E-state index contributed by atoms with van der Waals surface area (Å²) in [6.07, 6.45) is 0.0347. The summed E-state index contributed by atoms with van der Waals surface area (Å²) in [5, 5.41) is 7.28. The second-order valence-electron chi connectivity index (χ2n) is 2.08. The quantitative estimate of drug-likeness (QED) is 0.718. The molecule has 5 heteroatoms. The van der Waals surface area contributed by atoms with E-state index in [1.165, 1.54) is 6.92 Å². The lowest BCUT2D eigenvalue weighted by Crippen LogP contribution is -2.21. The number of carbonyl (C=O) groups is 1. The minimum Gasteiger partial charge on any atom is -0.480 e. The first-order valence-corrected chi connectivity index (χ1v) is 3.77. The molecule has 0 fully saturated rings. The van der Waals surface area contributed by atoms with Gasteiger partial charge in [-0.2, -0.15) is 0 Å². The zero-order valence-corrected chi connectivity index (χ0v) is 7.54. The minimum absolute atomic E-state index is 0.0347. The van der Waals surface area contributed by atoms with Crippen LogP contribution in [0.1, 0.15) is 13.3 Å². The molecule has 10 heavy (non-hydrogen) atoms.